The number of amides is 1. The molecule has 17 heavy (non-hydrogen) atoms. The van der Waals surface area contributed by atoms with Crippen molar-refractivity contribution in [1.29, 1.82) is 0 Å². The van der Waals surface area contributed by atoms with Gasteiger partial charge in [0.1, 0.15) is 0 Å². The number of carbonyl (C=O) groups is 2. The van der Waals surface area contributed by atoms with Crippen LogP contribution in [-0.4, -0.2) is 45.5 Å². The smallest absolute Gasteiger partial charge is 0.224 e. The number of likely N-dealkylation sites (tertiary alicyclic amines) is 1. The average molecular weight is 259 g/mol. The van der Waals surface area contributed by atoms with Crippen molar-refractivity contribution in [2.75, 3.05) is 13.2 Å². The van der Waals surface area contributed by atoms with E-state index in [9.17, 15) is 14.7 Å². The fourth-order valence-electron chi connectivity index (χ4n) is 2.15. The standard InChI is InChI=1S/C12H21NO3S/c1-8(15)17-9-5-11(16)13(6-9)10(7-14)12(2,3)4/h9-10,14H,5-7H2,1-4H3/t9?,10-/m1/s1. The molecule has 1 rings (SSSR count). The molecule has 1 aliphatic heterocycles. The van der Waals surface area contributed by atoms with Crippen LogP contribution in [0.3, 0.4) is 0 Å². The number of nitrogens with zero attached hydrogens (tertiary/aromatic N) is 1. The Balaban J connectivity index is 2.72. The molecule has 98 valence electrons. The molecule has 0 aromatic carbocycles. The lowest BCUT2D eigenvalue weighted by Gasteiger charge is -2.36. The van der Waals surface area contributed by atoms with Gasteiger partial charge in [-0.1, -0.05) is 32.5 Å². The zero-order valence-corrected chi connectivity index (χ0v) is 11.7. The number of rotatable bonds is 3. The van der Waals surface area contributed by atoms with Crippen LogP contribution in [0.2, 0.25) is 0 Å². The molecule has 0 aromatic rings. The molecule has 0 aromatic heterocycles. The van der Waals surface area contributed by atoms with E-state index < -0.39 is 0 Å². The first kappa shape index (κ1) is 14.5. The van der Waals surface area contributed by atoms with Gasteiger partial charge in [0.2, 0.25) is 5.91 Å². The van der Waals surface area contributed by atoms with Crippen LogP contribution in [0.5, 0.6) is 0 Å². The van der Waals surface area contributed by atoms with Crippen molar-refractivity contribution >= 4 is 22.8 Å². The predicted octanol–water partition coefficient (Wildman–Crippen LogP) is 1.27. The second-order valence-electron chi connectivity index (χ2n) is 5.55. The monoisotopic (exact) mass is 259 g/mol. The van der Waals surface area contributed by atoms with E-state index in [0.717, 1.165) is 0 Å². The second-order valence-corrected chi connectivity index (χ2v) is 7.02. The normalized spacial score (nSPS) is 23.0. The number of hydrogen-bond donors (Lipinski definition) is 1. The summed E-state index contributed by atoms with van der Waals surface area (Å²) in [6.45, 7) is 8.06. The van der Waals surface area contributed by atoms with Crippen LogP contribution < -0.4 is 0 Å². The number of aliphatic hydroxyl groups is 1. The van der Waals surface area contributed by atoms with Crippen molar-refractivity contribution in [1.82, 2.24) is 4.90 Å². The van der Waals surface area contributed by atoms with Crippen LogP contribution in [0, 0.1) is 5.41 Å². The van der Waals surface area contributed by atoms with E-state index in [0.29, 0.717) is 13.0 Å². The zero-order valence-electron chi connectivity index (χ0n) is 10.9. The molecule has 1 fully saturated rings. The van der Waals surface area contributed by atoms with Crippen LogP contribution in [0.4, 0.5) is 0 Å². The molecule has 1 aliphatic rings. The van der Waals surface area contributed by atoms with Gasteiger partial charge in [-0.25, -0.2) is 0 Å². The molecule has 0 radical (unpaired) electrons. The van der Waals surface area contributed by atoms with Gasteiger partial charge >= 0.3 is 0 Å². The Morgan fingerprint density at radius 2 is 2.18 bits per heavy atom. The minimum absolute atomic E-state index is 0.0350. The van der Waals surface area contributed by atoms with Crippen LogP contribution in [0.25, 0.3) is 0 Å². The molecular formula is C12H21NO3S. The summed E-state index contributed by atoms with van der Waals surface area (Å²) in [5.41, 5.74) is -0.153. The van der Waals surface area contributed by atoms with Crippen LogP contribution in [-0.2, 0) is 9.59 Å². The van der Waals surface area contributed by atoms with Gasteiger partial charge in [0.05, 0.1) is 12.6 Å². The first-order valence-corrected chi connectivity index (χ1v) is 6.71. The molecule has 0 saturated carbocycles. The van der Waals surface area contributed by atoms with Crippen molar-refractivity contribution in [3.63, 3.8) is 0 Å². The summed E-state index contributed by atoms with van der Waals surface area (Å²) in [5.74, 6) is 0.0396. The molecule has 0 aliphatic carbocycles. The van der Waals surface area contributed by atoms with Crippen LogP contribution >= 0.6 is 11.8 Å². The number of carbonyl (C=O) groups excluding carboxylic acids is 2. The summed E-state index contributed by atoms with van der Waals surface area (Å²) in [7, 11) is 0. The van der Waals surface area contributed by atoms with Gasteiger partial charge in [0.15, 0.2) is 5.12 Å². The highest BCUT2D eigenvalue weighted by Gasteiger charge is 2.39. The molecule has 1 saturated heterocycles. The van der Waals surface area contributed by atoms with E-state index in [1.165, 1.54) is 18.7 Å². The summed E-state index contributed by atoms with van der Waals surface area (Å²) in [6, 6.07) is -0.174. The maximum absolute atomic E-state index is 11.9. The minimum Gasteiger partial charge on any atom is -0.394 e. The number of aliphatic hydroxyl groups excluding tert-OH is 1. The Bertz CT molecular complexity index is 311. The quantitative estimate of drug-likeness (QED) is 0.829. The highest BCUT2D eigenvalue weighted by Crippen LogP contribution is 2.31. The molecule has 1 amide bonds. The Kier molecular flexibility index (Phi) is 4.61. The molecular weight excluding hydrogens is 238 g/mol. The topological polar surface area (TPSA) is 57.6 Å². The Hall–Kier alpha value is -0.550. The third kappa shape index (κ3) is 3.71. The fraction of sp³-hybridized carbons (Fsp3) is 0.833. The fourth-order valence-corrected chi connectivity index (χ4v) is 3.08. The minimum atomic E-state index is -0.174. The number of thioether (sulfide) groups is 1. The largest absolute Gasteiger partial charge is 0.394 e. The third-order valence-electron chi connectivity index (χ3n) is 3.00. The highest BCUT2D eigenvalue weighted by molar-refractivity contribution is 8.14. The lowest BCUT2D eigenvalue weighted by Crippen LogP contribution is -2.47. The van der Waals surface area contributed by atoms with Gasteiger partial charge in [0.25, 0.3) is 0 Å². The molecule has 1 heterocycles. The van der Waals surface area contributed by atoms with Crippen LogP contribution in [0.15, 0.2) is 0 Å². The Morgan fingerprint density at radius 3 is 2.59 bits per heavy atom. The maximum atomic E-state index is 11.9. The Morgan fingerprint density at radius 1 is 1.59 bits per heavy atom. The zero-order chi connectivity index (χ0) is 13.2. The molecule has 4 nitrogen and oxygen atoms in total. The molecule has 0 spiro atoms. The van der Waals surface area contributed by atoms with Gasteiger partial charge in [-0.15, -0.1) is 0 Å². The predicted molar refractivity (Wildman–Crippen MR) is 68.7 cm³/mol. The summed E-state index contributed by atoms with van der Waals surface area (Å²) in [5, 5.41) is 9.52. The molecule has 2 atom stereocenters. The van der Waals surface area contributed by atoms with E-state index >= 15 is 0 Å². The molecule has 5 heteroatoms. The second kappa shape index (κ2) is 5.40. The van der Waals surface area contributed by atoms with E-state index in [-0.39, 0.29) is 34.3 Å². The summed E-state index contributed by atoms with van der Waals surface area (Å²) >= 11 is 1.23. The first-order chi connectivity index (χ1) is 7.75. The van der Waals surface area contributed by atoms with Crippen molar-refractivity contribution in [3.05, 3.63) is 0 Å². The highest BCUT2D eigenvalue weighted by atomic mass is 32.2. The molecule has 0 bridgehead atoms. The van der Waals surface area contributed by atoms with E-state index in [2.05, 4.69) is 0 Å². The van der Waals surface area contributed by atoms with Gasteiger partial charge in [-0.2, -0.15) is 0 Å². The van der Waals surface area contributed by atoms with Crippen LogP contribution in [0.1, 0.15) is 34.1 Å². The van der Waals surface area contributed by atoms with Gasteiger partial charge in [-0.05, 0) is 5.41 Å². The van der Waals surface area contributed by atoms with Crippen molar-refractivity contribution in [2.45, 2.75) is 45.4 Å². The van der Waals surface area contributed by atoms with E-state index in [1.807, 2.05) is 20.8 Å². The Labute approximate surface area is 107 Å². The summed E-state index contributed by atoms with van der Waals surface area (Å²) in [6.07, 6.45) is 0.400. The third-order valence-corrected chi connectivity index (χ3v) is 3.99. The van der Waals surface area contributed by atoms with Gasteiger partial charge in [0, 0.05) is 25.1 Å². The van der Waals surface area contributed by atoms with Gasteiger partial charge < -0.3 is 10.0 Å². The lowest BCUT2D eigenvalue weighted by molar-refractivity contribution is -0.133. The first-order valence-electron chi connectivity index (χ1n) is 5.83. The van der Waals surface area contributed by atoms with Crippen molar-refractivity contribution in [2.24, 2.45) is 5.41 Å². The summed E-state index contributed by atoms with van der Waals surface area (Å²) < 4.78 is 0. The maximum Gasteiger partial charge on any atom is 0.224 e. The molecule has 1 unspecified atom stereocenters. The SMILES string of the molecule is CC(=O)SC1CC(=O)N([C@H](CO)C(C)(C)C)C1. The van der Waals surface area contributed by atoms with Crippen molar-refractivity contribution in [3.8, 4) is 0 Å². The summed E-state index contributed by atoms with van der Waals surface area (Å²) in [4.78, 5) is 24.7. The van der Waals surface area contributed by atoms with E-state index in [1.54, 1.807) is 4.90 Å². The average Bonchev–Trinajstić information content (AvgIpc) is 2.44. The molecule has 1 N–H and O–H groups in total. The van der Waals surface area contributed by atoms with E-state index in [4.69, 9.17) is 0 Å². The van der Waals surface area contributed by atoms with Gasteiger partial charge in [-0.3, -0.25) is 9.59 Å². The van der Waals surface area contributed by atoms with Crippen molar-refractivity contribution < 1.29 is 14.7 Å². The number of hydrogen-bond acceptors (Lipinski definition) is 4. The lowest BCUT2D eigenvalue weighted by atomic mass is 9.86.